The van der Waals surface area contributed by atoms with Crippen molar-refractivity contribution in [2.24, 2.45) is 0 Å². The number of aryl methyl sites for hydroxylation is 1. The van der Waals surface area contributed by atoms with Crippen molar-refractivity contribution < 1.29 is 18.0 Å². The van der Waals surface area contributed by atoms with Gasteiger partial charge in [0.2, 0.25) is 5.78 Å². The zero-order valence-corrected chi connectivity index (χ0v) is 7.50. The largest absolute Gasteiger partial charge is 0.450 e. The lowest BCUT2D eigenvalue weighted by molar-refractivity contribution is -0.170. The molecular weight excluding hydrogens is 203 g/mol. The minimum Gasteiger partial charge on any atom is -0.289 e. The van der Waals surface area contributed by atoms with Crippen LogP contribution in [0.4, 0.5) is 13.2 Å². The third kappa shape index (κ3) is 2.80. The molecule has 13 heavy (non-hydrogen) atoms. The van der Waals surface area contributed by atoms with Crippen LogP contribution in [0, 0.1) is 6.92 Å². The Balaban J connectivity index is 2.65. The maximum Gasteiger partial charge on any atom is 0.450 e. The summed E-state index contributed by atoms with van der Waals surface area (Å²) in [5.74, 6) is -1.75. The number of hydrogen-bond donors (Lipinski definition) is 0. The first-order valence-electron chi connectivity index (χ1n) is 3.40. The number of rotatable bonds is 2. The molecule has 0 fully saturated rings. The highest BCUT2D eigenvalue weighted by Crippen LogP contribution is 2.19. The Labute approximate surface area is 76.4 Å². The molecule has 0 aliphatic heterocycles. The summed E-state index contributed by atoms with van der Waals surface area (Å²) in [5.41, 5.74) is 0.185. The second kappa shape index (κ2) is 3.45. The number of ketones is 1. The molecule has 0 N–H and O–H groups in total. The molecule has 0 spiro atoms. The molecule has 0 bridgehead atoms. The summed E-state index contributed by atoms with van der Waals surface area (Å²) < 4.78 is 35.3. The molecule has 0 saturated carbocycles. The molecule has 0 aromatic carbocycles. The fourth-order valence-electron chi connectivity index (χ4n) is 0.754. The van der Waals surface area contributed by atoms with Crippen molar-refractivity contribution in [3.05, 3.63) is 16.1 Å². The van der Waals surface area contributed by atoms with E-state index in [1.54, 1.807) is 6.92 Å². The van der Waals surface area contributed by atoms with Gasteiger partial charge in [0.25, 0.3) is 0 Å². The quantitative estimate of drug-likeness (QED) is 0.746. The zero-order valence-electron chi connectivity index (χ0n) is 6.68. The fraction of sp³-hybridized carbons (Fsp3) is 0.429. The van der Waals surface area contributed by atoms with Crippen LogP contribution in [0.25, 0.3) is 0 Å². The normalized spacial score (nSPS) is 11.7. The molecule has 2 nitrogen and oxygen atoms in total. The van der Waals surface area contributed by atoms with Crippen LogP contribution in [0.1, 0.15) is 10.7 Å². The van der Waals surface area contributed by atoms with Crippen LogP contribution in [0.3, 0.4) is 0 Å². The summed E-state index contributed by atoms with van der Waals surface area (Å²) in [6.45, 7) is 1.67. The molecule has 0 aliphatic rings. The Morgan fingerprint density at radius 2 is 2.23 bits per heavy atom. The zero-order chi connectivity index (χ0) is 10.1. The topological polar surface area (TPSA) is 30.0 Å². The van der Waals surface area contributed by atoms with Crippen molar-refractivity contribution in [2.75, 3.05) is 0 Å². The third-order valence-corrected chi connectivity index (χ3v) is 2.15. The lowest BCUT2D eigenvalue weighted by atomic mass is 10.2. The van der Waals surface area contributed by atoms with Crippen LogP contribution in [-0.2, 0) is 11.2 Å². The summed E-state index contributed by atoms with van der Waals surface area (Å²) in [6.07, 6.45) is -5.41. The van der Waals surface area contributed by atoms with Gasteiger partial charge in [0, 0.05) is 5.38 Å². The van der Waals surface area contributed by atoms with Crippen LogP contribution in [0.2, 0.25) is 0 Å². The standard InChI is InChI=1S/C7H6F3NOS/c1-4-11-5(3-13-4)2-6(12)7(8,9)10/h3H,2H2,1H3. The van der Waals surface area contributed by atoms with Crippen molar-refractivity contribution in [1.29, 1.82) is 0 Å². The number of halogens is 3. The van der Waals surface area contributed by atoms with Crippen LogP contribution in [0.15, 0.2) is 5.38 Å². The van der Waals surface area contributed by atoms with E-state index >= 15 is 0 Å². The number of carbonyl (C=O) groups is 1. The molecule has 6 heteroatoms. The van der Waals surface area contributed by atoms with Crippen LogP contribution in [-0.4, -0.2) is 16.9 Å². The molecule has 0 unspecified atom stereocenters. The van der Waals surface area contributed by atoms with E-state index in [1.807, 2.05) is 0 Å². The first kappa shape index (κ1) is 10.2. The van der Waals surface area contributed by atoms with Gasteiger partial charge in [-0.05, 0) is 6.92 Å². The van der Waals surface area contributed by atoms with Crippen LogP contribution >= 0.6 is 11.3 Å². The Kier molecular flexibility index (Phi) is 2.70. The summed E-state index contributed by atoms with van der Waals surface area (Å²) in [6, 6.07) is 0. The molecule has 0 atom stereocenters. The van der Waals surface area contributed by atoms with E-state index in [-0.39, 0.29) is 5.69 Å². The first-order valence-corrected chi connectivity index (χ1v) is 4.28. The molecule has 0 amide bonds. The van der Waals surface area contributed by atoms with Gasteiger partial charge in [0.15, 0.2) is 0 Å². The average Bonchev–Trinajstić information content (AvgIpc) is 2.33. The molecular formula is C7H6F3NOS. The van der Waals surface area contributed by atoms with Gasteiger partial charge in [-0.3, -0.25) is 4.79 Å². The van der Waals surface area contributed by atoms with Gasteiger partial charge >= 0.3 is 6.18 Å². The third-order valence-electron chi connectivity index (χ3n) is 1.32. The highest BCUT2D eigenvalue weighted by Gasteiger charge is 2.38. The van der Waals surface area contributed by atoms with Crippen molar-refractivity contribution in [1.82, 2.24) is 4.98 Å². The lowest BCUT2D eigenvalue weighted by Crippen LogP contribution is -2.24. The lowest BCUT2D eigenvalue weighted by Gasteiger charge is -2.01. The van der Waals surface area contributed by atoms with Gasteiger partial charge in [-0.1, -0.05) is 0 Å². The fourth-order valence-corrected chi connectivity index (χ4v) is 1.37. The van der Waals surface area contributed by atoms with Gasteiger partial charge in [0.05, 0.1) is 17.1 Å². The average molecular weight is 209 g/mol. The van der Waals surface area contributed by atoms with E-state index in [2.05, 4.69) is 4.98 Å². The molecule has 0 saturated heterocycles. The van der Waals surface area contributed by atoms with Crippen LogP contribution < -0.4 is 0 Å². The number of Topliss-reactive ketones (excluding diaryl/α,β-unsaturated/α-hetero) is 1. The van der Waals surface area contributed by atoms with E-state index in [1.165, 1.54) is 16.7 Å². The van der Waals surface area contributed by atoms with E-state index in [9.17, 15) is 18.0 Å². The summed E-state index contributed by atoms with van der Waals surface area (Å²) >= 11 is 1.23. The van der Waals surface area contributed by atoms with Gasteiger partial charge in [0.1, 0.15) is 0 Å². The van der Waals surface area contributed by atoms with Crippen molar-refractivity contribution in [3.63, 3.8) is 0 Å². The van der Waals surface area contributed by atoms with Gasteiger partial charge in [-0.2, -0.15) is 13.2 Å². The van der Waals surface area contributed by atoms with Crippen LogP contribution in [0.5, 0.6) is 0 Å². The number of nitrogens with zero attached hydrogens (tertiary/aromatic N) is 1. The Morgan fingerprint density at radius 1 is 1.62 bits per heavy atom. The van der Waals surface area contributed by atoms with Gasteiger partial charge in [-0.25, -0.2) is 4.98 Å². The Morgan fingerprint density at radius 3 is 2.62 bits per heavy atom. The van der Waals surface area contributed by atoms with E-state index in [0.717, 1.165) is 0 Å². The Hall–Kier alpha value is -0.910. The predicted molar refractivity (Wildman–Crippen MR) is 41.6 cm³/mol. The number of alkyl halides is 3. The van der Waals surface area contributed by atoms with Crippen molar-refractivity contribution in [2.45, 2.75) is 19.5 Å². The minimum absolute atomic E-state index is 0.185. The van der Waals surface area contributed by atoms with Gasteiger partial charge in [-0.15, -0.1) is 11.3 Å². The summed E-state index contributed by atoms with van der Waals surface area (Å²) in [4.78, 5) is 14.2. The van der Waals surface area contributed by atoms with E-state index in [4.69, 9.17) is 0 Å². The molecule has 0 aliphatic carbocycles. The molecule has 1 aromatic rings. The molecule has 0 radical (unpaired) electrons. The Bertz CT molecular complexity index is 318. The predicted octanol–water partition coefficient (Wildman–Crippen LogP) is 2.13. The monoisotopic (exact) mass is 209 g/mol. The van der Waals surface area contributed by atoms with Crippen molar-refractivity contribution >= 4 is 17.1 Å². The number of aromatic nitrogens is 1. The maximum atomic E-state index is 11.8. The number of hydrogen-bond acceptors (Lipinski definition) is 3. The van der Waals surface area contributed by atoms with Crippen molar-refractivity contribution in [3.8, 4) is 0 Å². The molecule has 1 rings (SSSR count). The molecule has 1 heterocycles. The van der Waals surface area contributed by atoms with E-state index in [0.29, 0.717) is 5.01 Å². The summed E-state index contributed by atoms with van der Waals surface area (Å²) in [7, 11) is 0. The highest BCUT2D eigenvalue weighted by molar-refractivity contribution is 7.09. The number of thiazole rings is 1. The minimum atomic E-state index is -4.75. The number of carbonyl (C=O) groups excluding carboxylic acids is 1. The maximum absolute atomic E-state index is 11.8. The van der Waals surface area contributed by atoms with E-state index < -0.39 is 18.4 Å². The second-order valence-electron chi connectivity index (χ2n) is 2.46. The SMILES string of the molecule is Cc1nc(CC(=O)C(F)(F)F)cs1. The molecule has 72 valence electrons. The smallest absolute Gasteiger partial charge is 0.289 e. The first-order chi connectivity index (χ1) is 5.89. The highest BCUT2D eigenvalue weighted by atomic mass is 32.1. The molecule has 1 aromatic heterocycles. The summed E-state index contributed by atoms with van der Waals surface area (Å²) in [5, 5.41) is 2.11. The van der Waals surface area contributed by atoms with Gasteiger partial charge < -0.3 is 0 Å². The second-order valence-corrected chi connectivity index (χ2v) is 3.52.